The molecule has 2 rings (SSSR count). The predicted octanol–water partition coefficient (Wildman–Crippen LogP) is 1.25. The molecule has 0 aromatic carbocycles. The van der Waals surface area contributed by atoms with Gasteiger partial charge in [0.1, 0.15) is 0 Å². The zero-order chi connectivity index (χ0) is 13.9. The molecular formula is C12H20N2O3S2. The summed E-state index contributed by atoms with van der Waals surface area (Å²) in [4.78, 5) is 1.24. The van der Waals surface area contributed by atoms with E-state index in [-0.39, 0.29) is 0 Å². The van der Waals surface area contributed by atoms with E-state index in [1.165, 1.54) is 15.6 Å². The van der Waals surface area contributed by atoms with Crippen LogP contribution in [0.25, 0.3) is 0 Å². The molecular weight excluding hydrogens is 284 g/mol. The maximum absolute atomic E-state index is 12.4. The lowest BCUT2D eigenvalue weighted by Gasteiger charge is -2.26. The Morgan fingerprint density at radius 2 is 2.16 bits per heavy atom. The second-order valence-electron chi connectivity index (χ2n) is 4.79. The van der Waals surface area contributed by atoms with Crippen molar-refractivity contribution in [1.29, 1.82) is 0 Å². The van der Waals surface area contributed by atoms with Crippen LogP contribution >= 0.6 is 11.3 Å². The number of nitrogens with zero attached hydrogens (tertiary/aromatic N) is 1. The number of hydrogen-bond acceptors (Lipinski definition) is 5. The van der Waals surface area contributed by atoms with E-state index in [1.807, 2.05) is 0 Å². The summed E-state index contributed by atoms with van der Waals surface area (Å²) < 4.78 is 31.5. The number of rotatable bonds is 5. The Bertz CT molecular complexity index is 507. The molecule has 108 valence electrons. The molecule has 1 fully saturated rings. The van der Waals surface area contributed by atoms with Crippen LogP contribution in [-0.2, 0) is 21.3 Å². The van der Waals surface area contributed by atoms with E-state index in [4.69, 9.17) is 10.5 Å². The molecule has 2 heterocycles. The van der Waals surface area contributed by atoms with Gasteiger partial charge in [-0.15, -0.1) is 11.3 Å². The fourth-order valence-electron chi connectivity index (χ4n) is 2.17. The first-order chi connectivity index (χ1) is 9.04. The quantitative estimate of drug-likeness (QED) is 0.888. The third-order valence-corrected chi connectivity index (χ3v) is 6.30. The van der Waals surface area contributed by atoms with Crippen molar-refractivity contribution in [2.45, 2.75) is 24.3 Å². The van der Waals surface area contributed by atoms with Gasteiger partial charge in [0.05, 0.1) is 4.90 Å². The number of nitrogens with two attached hydrogens (primary N) is 1. The van der Waals surface area contributed by atoms with Gasteiger partial charge < -0.3 is 10.5 Å². The van der Waals surface area contributed by atoms with Crippen molar-refractivity contribution in [1.82, 2.24) is 4.31 Å². The fraction of sp³-hybridized carbons (Fsp3) is 0.667. The van der Waals surface area contributed by atoms with E-state index in [0.29, 0.717) is 23.9 Å². The van der Waals surface area contributed by atoms with Crippen LogP contribution in [0.4, 0.5) is 0 Å². The average Bonchev–Trinajstić information content (AvgIpc) is 2.89. The summed E-state index contributed by atoms with van der Waals surface area (Å²) in [7, 11) is -1.74. The predicted molar refractivity (Wildman–Crippen MR) is 75.6 cm³/mol. The Hall–Kier alpha value is -0.470. The molecule has 2 N–H and O–H groups in total. The lowest BCUT2D eigenvalue weighted by molar-refractivity contribution is 0.0620. The fourth-order valence-corrected chi connectivity index (χ4v) is 4.56. The summed E-state index contributed by atoms with van der Waals surface area (Å²) in [5.41, 5.74) is 5.52. The minimum atomic E-state index is -3.38. The molecule has 0 atom stereocenters. The van der Waals surface area contributed by atoms with Crippen molar-refractivity contribution >= 4 is 21.4 Å². The van der Waals surface area contributed by atoms with Gasteiger partial charge in [0, 0.05) is 43.6 Å². The SMILES string of the molecule is CN(CC1CCOCC1)S(=O)(=O)c1csc(CN)c1. The molecule has 1 saturated heterocycles. The van der Waals surface area contributed by atoms with E-state index in [1.54, 1.807) is 18.5 Å². The Kier molecular flexibility index (Phi) is 4.97. The maximum Gasteiger partial charge on any atom is 0.243 e. The van der Waals surface area contributed by atoms with E-state index in [0.717, 1.165) is 30.9 Å². The van der Waals surface area contributed by atoms with Crippen LogP contribution in [0, 0.1) is 5.92 Å². The standard InChI is InChI=1S/C12H20N2O3S2/c1-14(8-10-2-4-17-5-3-10)19(15,16)12-6-11(7-13)18-9-12/h6,9-10H,2-5,7-8,13H2,1H3. The zero-order valence-corrected chi connectivity index (χ0v) is 12.7. The summed E-state index contributed by atoms with van der Waals surface area (Å²) in [6, 6.07) is 1.67. The third kappa shape index (κ3) is 3.55. The van der Waals surface area contributed by atoms with Gasteiger partial charge in [-0.2, -0.15) is 0 Å². The number of ether oxygens (including phenoxy) is 1. The first-order valence-electron chi connectivity index (χ1n) is 6.35. The van der Waals surface area contributed by atoms with Crippen LogP contribution in [-0.4, -0.2) is 39.5 Å². The van der Waals surface area contributed by atoms with Crippen molar-refractivity contribution in [3.63, 3.8) is 0 Å². The van der Waals surface area contributed by atoms with Crippen molar-refractivity contribution in [2.24, 2.45) is 11.7 Å². The van der Waals surface area contributed by atoms with Gasteiger partial charge in [-0.25, -0.2) is 12.7 Å². The molecule has 0 amide bonds. The molecule has 19 heavy (non-hydrogen) atoms. The summed E-state index contributed by atoms with van der Waals surface area (Å²) in [6.07, 6.45) is 1.86. The lowest BCUT2D eigenvalue weighted by Crippen LogP contribution is -2.34. The number of sulfonamides is 1. The Morgan fingerprint density at radius 1 is 1.47 bits per heavy atom. The Labute approximate surface area is 118 Å². The molecule has 0 spiro atoms. The molecule has 0 saturated carbocycles. The largest absolute Gasteiger partial charge is 0.381 e. The average molecular weight is 304 g/mol. The molecule has 1 aromatic rings. The first kappa shape index (κ1) is 14.9. The minimum absolute atomic E-state index is 0.354. The van der Waals surface area contributed by atoms with Crippen LogP contribution in [0.2, 0.25) is 0 Å². The van der Waals surface area contributed by atoms with Crippen molar-refractivity contribution < 1.29 is 13.2 Å². The Balaban J connectivity index is 2.05. The monoisotopic (exact) mass is 304 g/mol. The number of hydrogen-bond donors (Lipinski definition) is 1. The van der Waals surface area contributed by atoms with Crippen molar-refractivity contribution in [3.05, 3.63) is 16.3 Å². The third-order valence-electron chi connectivity index (χ3n) is 3.40. The molecule has 0 unspecified atom stereocenters. The van der Waals surface area contributed by atoms with E-state index >= 15 is 0 Å². The summed E-state index contributed by atoms with van der Waals surface area (Å²) >= 11 is 1.39. The summed E-state index contributed by atoms with van der Waals surface area (Å²) in [5, 5.41) is 1.66. The second-order valence-corrected chi connectivity index (χ2v) is 7.83. The van der Waals surface area contributed by atoms with Gasteiger partial charge in [-0.1, -0.05) is 0 Å². The van der Waals surface area contributed by atoms with Gasteiger partial charge in [0.25, 0.3) is 0 Å². The molecule has 0 bridgehead atoms. The molecule has 1 aromatic heterocycles. The highest BCUT2D eigenvalue weighted by atomic mass is 32.2. The van der Waals surface area contributed by atoms with E-state index in [2.05, 4.69) is 0 Å². The van der Waals surface area contributed by atoms with Crippen LogP contribution < -0.4 is 5.73 Å². The molecule has 5 nitrogen and oxygen atoms in total. The normalized spacial score (nSPS) is 18.1. The first-order valence-corrected chi connectivity index (χ1v) is 8.67. The Morgan fingerprint density at radius 3 is 2.74 bits per heavy atom. The lowest BCUT2D eigenvalue weighted by atomic mass is 10.0. The van der Waals surface area contributed by atoms with Crippen molar-refractivity contribution in [3.8, 4) is 0 Å². The minimum Gasteiger partial charge on any atom is -0.381 e. The van der Waals surface area contributed by atoms with Gasteiger partial charge >= 0.3 is 0 Å². The van der Waals surface area contributed by atoms with Gasteiger partial charge in [-0.05, 0) is 24.8 Å². The van der Waals surface area contributed by atoms with Crippen LogP contribution in [0.15, 0.2) is 16.3 Å². The molecule has 0 aliphatic carbocycles. The highest BCUT2D eigenvalue weighted by Gasteiger charge is 2.25. The van der Waals surface area contributed by atoms with E-state index < -0.39 is 10.0 Å². The zero-order valence-electron chi connectivity index (χ0n) is 11.0. The van der Waals surface area contributed by atoms with Crippen LogP contribution in [0.3, 0.4) is 0 Å². The summed E-state index contributed by atoms with van der Waals surface area (Å²) in [5.74, 6) is 0.390. The highest BCUT2D eigenvalue weighted by Crippen LogP contribution is 2.24. The van der Waals surface area contributed by atoms with Crippen LogP contribution in [0.1, 0.15) is 17.7 Å². The highest BCUT2D eigenvalue weighted by molar-refractivity contribution is 7.89. The topological polar surface area (TPSA) is 72.6 Å². The summed E-state index contributed by atoms with van der Waals surface area (Å²) in [6.45, 7) is 2.39. The molecule has 1 aliphatic heterocycles. The van der Waals surface area contributed by atoms with Gasteiger partial charge in [-0.3, -0.25) is 0 Å². The van der Waals surface area contributed by atoms with Gasteiger partial charge in [0.15, 0.2) is 0 Å². The maximum atomic E-state index is 12.4. The van der Waals surface area contributed by atoms with Crippen LogP contribution in [0.5, 0.6) is 0 Å². The molecule has 0 radical (unpaired) electrons. The van der Waals surface area contributed by atoms with Crippen molar-refractivity contribution in [2.75, 3.05) is 26.8 Å². The second kappa shape index (κ2) is 6.32. The van der Waals surface area contributed by atoms with Gasteiger partial charge in [0.2, 0.25) is 10.0 Å². The van der Waals surface area contributed by atoms with E-state index in [9.17, 15) is 8.42 Å². The smallest absolute Gasteiger partial charge is 0.243 e. The molecule has 7 heteroatoms. The number of thiophene rings is 1. The molecule has 1 aliphatic rings.